The molecule has 0 spiro atoms. The first kappa shape index (κ1) is 15.7. The molecule has 0 N–H and O–H groups in total. The van der Waals surface area contributed by atoms with Gasteiger partial charge in [-0.05, 0) is 27.6 Å². The number of nitrogens with zero attached hydrogens (tertiary/aromatic N) is 2. The summed E-state index contributed by atoms with van der Waals surface area (Å²) >= 11 is 3.26. The highest BCUT2D eigenvalue weighted by Gasteiger charge is 2.18. The summed E-state index contributed by atoms with van der Waals surface area (Å²) in [5.74, 6) is -0.130. The van der Waals surface area contributed by atoms with Gasteiger partial charge in [-0.25, -0.2) is 4.39 Å². The van der Waals surface area contributed by atoms with Crippen molar-refractivity contribution in [3.63, 3.8) is 0 Å². The summed E-state index contributed by atoms with van der Waals surface area (Å²) in [4.78, 5) is 4.79. The highest BCUT2D eigenvalue weighted by molar-refractivity contribution is 9.10. The lowest BCUT2D eigenvalue weighted by Gasteiger charge is -2.34. The summed E-state index contributed by atoms with van der Waals surface area (Å²) in [5.41, 5.74) is 2.12. The van der Waals surface area contributed by atoms with E-state index < -0.39 is 0 Å². The number of halogens is 2. The monoisotopic (exact) mass is 362 g/mol. The molecule has 1 aliphatic rings. The highest BCUT2D eigenvalue weighted by Crippen LogP contribution is 2.20. The van der Waals surface area contributed by atoms with E-state index in [-0.39, 0.29) is 5.82 Å². The second-order valence-electron chi connectivity index (χ2n) is 5.75. The minimum atomic E-state index is -0.130. The van der Waals surface area contributed by atoms with Crippen molar-refractivity contribution >= 4 is 15.9 Å². The van der Waals surface area contributed by atoms with Gasteiger partial charge in [0.15, 0.2) is 0 Å². The summed E-state index contributed by atoms with van der Waals surface area (Å²) in [5, 5.41) is 0. The first-order valence-electron chi connectivity index (χ1n) is 7.64. The van der Waals surface area contributed by atoms with Crippen molar-refractivity contribution in [3.05, 3.63) is 69.9 Å². The molecule has 1 heterocycles. The van der Waals surface area contributed by atoms with Crippen LogP contribution in [0.2, 0.25) is 0 Å². The summed E-state index contributed by atoms with van der Waals surface area (Å²) in [7, 11) is 0. The van der Waals surface area contributed by atoms with Crippen molar-refractivity contribution in [1.82, 2.24) is 9.80 Å². The van der Waals surface area contributed by atoms with E-state index in [2.05, 4.69) is 50.0 Å². The summed E-state index contributed by atoms with van der Waals surface area (Å²) < 4.78 is 14.6. The van der Waals surface area contributed by atoms with Crippen molar-refractivity contribution < 1.29 is 4.39 Å². The molecule has 0 unspecified atom stereocenters. The Hall–Kier alpha value is -1.23. The average molecular weight is 363 g/mol. The normalized spacial score (nSPS) is 16.8. The maximum atomic E-state index is 14.0. The van der Waals surface area contributed by atoms with E-state index in [0.29, 0.717) is 11.0 Å². The predicted octanol–water partition coefficient (Wildman–Crippen LogP) is 3.91. The number of hydrogen-bond acceptors (Lipinski definition) is 2. The summed E-state index contributed by atoms with van der Waals surface area (Å²) in [6.07, 6.45) is 0. The van der Waals surface area contributed by atoms with Crippen LogP contribution in [-0.2, 0) is 13.1 Å². The fourth-order valence-electron chi connectivity index (χ4n) is 2.86. The van der Waals surface area contributed by atoms with Crippen LogP contribution < -0.4 is 0 Å². The van der Waals surface area contributed by atoms with Gasteiger partial charge in [-0.1, -0.05) is 42.5 Å². The number of piperazine rings is 1. The largest absolute Gasteiger partial charge is 0.297 e. The van der Waals surface area contributed by atoms with Gasteiger partial charge >= 0.3 is 0 Å². The molecule has 0 atom stereocenters. The van der Waals surface area contributed by atoms with Crippen LogP contribution in [0.25, 0.3) is 0 Å². The smallest absolute Gasteiger partial charge is 0.141 e. The molecule has 2 nitrogen and oxygen atoms in total. The maximum absolute atomic E-state index is 14.0. The SMILES string of the molecule is Fc1c(Br)cccc1CN1CCN(Cc2ccccc2)CC1. The quantitative estimate of drug-likeness (QED) is 0.813. The van der Waals surface area contributed by atoms with Gasteiger partial charge in [0, 0.05) is 44.8 Å². The van der Waals surface area contributed by atoms with E-state index in [9.17, 15) is 4.39 Å². The third-order valence-corrected chi connectivity index (χ3v) is 4.75. The van der Waals surface area contributed by atoms with E-state index in [1.165, 1.54) is 5.56 Å². The van der Waals surface area contributed by atoms with Crippen molar-refractivity contribution in [1.29, 1.82) is 0 Å². The molecule has 0 amide bonds. The van der Waals surface area contributed by atoms with Crippen LogP contribution >= 0.6 is 15.9 Å². The molecule has 0 aromatic heterocycles. The van der Waals surface area contributed by atoms with Crippen LogP contribution in [0.4, 0.5) is 4.39 Å². The molecule has 4 heteroatoms. The Morgan fingerprint density at radius 1 is 0.818 bits per heavy atom. The molecule has 0 bridgehead atoms. The number of benzene rings is 2. The van der Waals surface area contributed by atoms with Gasteiger partial charge in [0.25, 0.3) is 0 Å². The van der Waals surface area contributed by atoms with Gasteiger partial charge in [0.1, 0.15) is 5.82 Å². The molecule has 1 fully saturated rings. The van der Waals surface area contributed by atoms with Crippen LogP contribution in [0.3, 0.4) is 0 Å². The zero-order valence-electron chi connectivity index (χ0n) is 12.5. The molecule has 22 heavy (non-hydrogen) atoms. The topological polar surface area (TPSA) is 6.48 Å². The highest BCUT2D eigenvalue weighted by atomic mass is 79.9. The first-order valence-corrected chi connectivity index (χ1v) is 8.43. The molecule has 0 saturated carbocycles. The summed E-state index contributed by atoms with van der Waals surface area (Å²) in [6.45, 7) is 5.72. The molecule has 1 saturated heterocycles. The first-order chi connectivity index (χ1) is 10.7. The fraction of sp³-hybridized carbons (Fsp3) is 0.333. The average Bonchev–Trinajstić information content (AvgIpc) is 2.55. The van der Waals surface area contributed by atoms with Gasteiger partial charge in [-0.3, -0.25) is 9.80 Å². The Morgan fingerprint density at radius 3 is 2.14 bits per heavy atom. The van der Waals surface area contributed by atoms with E-state index in [1.807, 2.05) is 18.2 Å². The molecule has 116 valence electrons. The third kappa shape index (κ3) is 3.94. The van der Waals surface area contributed by atoms with Gasteiger partial charge < -0.3 is 0 Å². The van der Waals surface area contributed by atoms with Crippen molar-refractivity contribution in [2.24, 2.45) is 0 Å². The maximum Gasteiger partial charge on any atom is 0.141 e. The van der Waals surface area contributed by atoms with Gasteiger partial charge in [0.05, 0.1) is 4.47 Å². The molecule has 2 aromatic rings. The minimum Gasteiger partial charge on any atom is -0.297 e. The van der Waals surface area contributed by atoms with Crippen LogP contribution in [0, 0.1) is 5.82 Å². The second-order valence-corrected chi connectivity index (χ2v) is 6.61. The molecule has 3 rings (SSSR count). The van der Waals surface area contributed by atoms with Crippen molar-refractivity contribution in [3.8, 4) is 0 Å². The lowest BCUT2D eigenvalue weighted by molar-refractivity contribution is 0.121. The van der Waals surface area contributed by atoms with Gasteiger partial charge in [-0.2, -0.15) is 0 Å². The van der Waals surface area contributed by atoms with Crippen molar-refractivity contribution in [2.45, 2.75) is 13.1 Å². The van der Waals surface area contributed by atoms with Crippen LogP contribution in [-0.4, -0.2) is 36.0 Å². The molecular formula is C18H20BrFN2. The standard InChI is InChI=1S/C18H20BrFN2/c19-17-8-4-7-16(18(17)20)14-22-11-9-21(10-12-22)13-15-5-2-1-3-6-15/h1-8H,9-14H2. The Kier molecular flexibility index (Phi) is 5.24. The van der Waals surface area contributed by atoms with Gasteiger partial charge in [-0.15, -0.1) is 0 Å². The Labute approximate surface area is 139 Å². The van der Waals surface area contributed by atoms with Crippen molar-refractivity contribution in [2.75, 3.05) is 26.2 Å². The molecule has 2 aromatic carbocycles. The summed E-state index contributed by atoms with van der Waals surface area (Å²) in [6, 6.07) is 16.1. The van der Waals surface area contributed by atoms with E-state index >= 15 is 0 Å². The number of hydrogen-bond donors (Lipinski definition) is 0. The second kappa shape index (κ2) is 7.36. The van der Waals surface area contributed by atoms with Gasteiger partial charge in [0.2, 0.25) is 0 Å². The Balaban J connectivity index is 1.52. The molecule has 0 radical (unpaired) electrons. The molecular weight excluding hydrogens is 343 g/mol. The van der Waals surface area contributed by atoms with Crippen LogP contribution in [0.5, 0.6) is 0 Å². The predicted molar refractivity (Wildman–Crippen MR) is 91.1 cm³/mol. The minimum absolute atomic E-state index is 0.130. The lowest BCUT2D eigenvalue weighted by Crippen LogP contribution is -2.45. The Morgan fingerprint density at radius 2 is 1.45 bits per heavy atom. The third-order valence-electron chi connectivity index (χ3n) is 4.14. The molecule has 0 aliphatic carbocycles. The Bertz CT molecular complexity index is 610. The van der Waals surface area contributed by atoms with E-state index in [0.717, 1.165) is 38.3 Å². The lowest BCUT2D eigenvalue weighted by atomic mass is 10.1. The van der Waals surface area contributed by atoms with Crippen LogP contribution in [0.15, 0.2) is 53.0 Å². The number of rotatable bonds is 4. The van der Waals surface area contributed by atoms with Crippen LogP contribution in [0.1, 0.15) is 11.1 Å². The fourth-order valence-corrected chi connectivity index (χ4v) is 3.27. The van der Waals surface area contributed by atoms with E-state index in [4.69, 9.17) is 0 Å². The zero-order chi connectivity index (χ0) is 15.4. The zero-order valence-corrected chi connectivity index (χ0v) is 14.1. The molecule has 1 aliphatic heterocycles. The van der Waals surface area contributed by atoms with E-state index in [1.54, 1.807) is 6.07 Å².